The van der Waals surface area contributed by atoms with Gasteiger partial charge in [0.15, 0.2) is 0 Å². The van der Waals surface area contributed by atoms with E-state index in [-0.39, 0.29) is 11.3 Å². The van der Waals surface area contributed by atoms with Crippen molar-refractivity contribution in [3.8, 4) is 11.5 Å². The molecule has 1 heterocycles. The van der Waals surface area contributed by atoms with E-state index in [1.54, 1.807) is 24.3 Å². The summed E-state index contributed by atoms with van der Waals surface area (Å²) in [5.41, 5.74) is 0.0360. The van der Waals surface area contributed by atoms with Gasteiger partial charge < -0.3 is 9.53 Å². The molecule has 0 N–H and O–H groups in total. The summed E-state index contributed by atoms with van der Waals surface area (Å²) in [6, 6.07) is 10.0. The van der Waals surface area contributed by atoms with Gasteiger partial charge in [0.1, 0.15) is 17.8 Å². The highest BCUT2D eigenvalue weighted by atomic mass is 19.4. The maximum atomic E-state index is 12.8. The molecule has 2 aromatic carbocycles. The molecule has 0 saturated heterocycles. The molecule has 3 rings (SSSR count). The summed E-state index contributed by atoms with van der Waals surface area (Å²) in [6.07, 6.45) is -3.81. The largest absolute Gasteiger partial charge is 0.457 e. The van der Waals surface area contributed by atoms with Gasteiger partial charge in [0.25, 0.3) is 0 Å². The zero-order valence-corrected chi connectivity index (χ0v) is 10.1. The monoisotopic (exact) mass is 278 g/mol. The van der Waals surface area contributed by atoms with Crippen LogP contribution in [0.3, 0.4) is 0 Å². The van der Waals surface area contributed by atoms with Crippen molar-refractivity contribution < 1.29 is 22.7 Å². The van der Waals surface area contributed by atoms with E-state index in [0.29, 0.717) is 17.6 Å². The van der Waals surface area contributed by atoms with Crippen LogP contribution in [-0.4, -0.2) is 6.29 Å². The van der Waals surface area contributed by atoms with Crippen LogP contribution in [0.15, 0.2) is 42.5 Å². The van der Waals surface area contributed by atoms with Gasteiger partial charge in [-0.3, -0.25) is 0 Å². The number of fused-ring (bicyclic) bond motifs is 2. The highest BCUT2D eigenvalue weighted by Crippen LogP contribution is 2.44. The minimum Gasteiger partial charge on any atom is -0.457 e. The molecule has 102 valence electrons. The number of alkyl halides is 3. The standard InChI is InChI=1S/C15H9F3O2/c16-15(17,18)9-5-6-14-11(7-9)12(8-19)10-3-1-2-4-13(10)20-14/h1-8,12H. The second kappa shape index (κ2) is 4.37. The first kappa shape index (κ1) is 12.7. The minimum atomic E-state index is -4.45. The lowest BCUT2D eigenvalue weighted by Crippen LogP contribution is -2.13. The van der Waals surface area contributed by atoms with Gasteiger partial charge in [-0.15, -0.1) is 0 Å². The van der Waals surface area contributed by atoms with Gasteiger partial charge in [0.05, 0.1) is 11.5 Å². The van der Waals surface area contributed by atoms with E-state index in [0.717, 1.165) is 12.1 Å². The van der Waals surface area contributed by atoms with Crippen molar-refractivity contribution >= 4 is 6.29 Å². The lowest BCUT2D eigenvalue weighted by Gasteiger charge is -2.25. The van der Waals surface area contributed by atoms with Crippen LogP contribution < -0.4 is 4.74 Å². The fraction of sp³-hybridized carbons (Fsp3) is 0.133. The Labute approximate surface area is 112 Å². The zero-order chi connectivity index (χ0) is 14.3. The molecule has 1 unspecified atom stereocenters. The van der Waals surface area contributed by atoms with Gasteiger partial charge in [-0.1, -0.05) is 18.2 Å². The maximum absolute atomic E-state index is 12.8. The summed E-state index contributed by atoms with van der Waals surface area (Å²) >= 11 is 0. The van der Waals surface area contributed by atoms with Crippen molar-refractivity contribution in [2.75, 3.05) is 0 Å². The summed E-state index contributed by atoms with van der Waals surface area (Å²) in [5, 5.41) is 0. The van der Waals surface area contributed by atoms with Crippen molar-refractivity contribution in [2.45, 2.75) is 12.1 Å². The summed E-state index contributed by atoms with van der Waals surface area (Å²) in [4.78, 5) is 11.3. The average molecular weight is 278 g/mol. The fourth-order valence-corrected chi connectivity index (χ4v) is 2.32. The molecule has 1 aliphatic heterocycles. The van der Waals surface area contributed by atoms with Gasteiger partial charge in [-0.2, -0.15) is 13.2 Å². The third-order valence-electron chi connectivity index (χ3n) is 3.28. The number of hydrogen-bond donors (Lipinski definition) is 0. The van der Waals surface area contributed by atoms with Crippen molar-refractivity contribution in [3.05, 3.63) is 59.2 Å². The minimum absolute atomic E-state index is 0.244. The molecular weight excluding hydrogens is 269 g/mol. The number of aldehydes is 1. The van der Waals surface area contributed by atoms with Crippen LogP contribution in [0.4, 0.5) is 13.2 Å². The van der Waals surface area contributed by atoms with Crippen molar-refractivity contribution in [3.63, 3.8) is 0 Å². The number of para-hydroxylation sites is 1. The number of halogens is 3. The molecule has 5 heteroatoms. The number of carbonyl (C=O) groups excluding carboxylic acids is 1. The van der Waals surface area contributed by atoms with Gasteiger partial charge in [-0.05, 0) is 24.3 Å². The molecule has 0 fully saturated rings. The van der Waals surface area contributed by atoms with E-state index in [2.05, 4.69) is 0 Å². The van der Waals surface area contributed by atoms with Crippen molar-refractivity contribution in [1.82, 2.24) is 0 Å². The van der Waals surface area contributed by atoms with E-state index in [1.165, 1.54) is 6.07 Å². The molecule has 0 bridgehead atoms. The Hall–Kier alpha value is -2.30. The van der Waals surface area contributed by atoms with Crippen molar-refractivity contribution in [1.29, 1.82) is 0 Å². The molecule has 0 amide bonds. The Morgan fingerprint density at radius 3 is 2.40 bits per heavy atom. The topological polar surface area (TPSA) is 26.3 Å². The van der Waals surface area contributed by atoms with Crippen LogP contribution in [-0.2, 0) is 11.0 Å². The summed E-state index contributed by atoms with van der Waals surface area (Å²) in [5.74, 6) is 0.0444. The Kier molecular flexibility index (Phi) is 2.78. The quantitative estimate of drug-likeness (QED) is 0.733. The summed E-state index contributed by atoms with van der Waals surface area (Å²) in [7, 11) is 0. The van der Waals surface area contributed by atoms with Gasteiger partial charge in [0.2, 0.25) is 0 Å². The van der Waals surface area contributed by atoms with Gasteiger partial charge >= 0.3 is 6.18 Å². The molecular formula is C15H9F3O2. The number of benzene rings is 2. The highest BCUT2D eigenvalue weighted by molar-refractivity contribution is 5.74. The van der Waals surface area contributed by atoms with E-state index in [4.69, 9.17) is 4.74 Å². The number of hydrogen-bond acceptors (Lipinski definition) is 2. The molecule has 0 radical (unpaired) electrons. The normalized spacial score (nSPS) is 16.9. The Bertz CT molecular complexity index is 677. The van der Waals surface area contributed by atoms with Crippen LogP contribution in [0.1, 0.15) is 22.6 Å². The molecule has 0 aromatic heterocycles. The first-order valence-electron chi connectivity index (χ1n) is 5.94. The van der Waals surface area contributed by atoms with Gasteiger partial charge in [-0.25, -0.2) is 0 Å². The van der Waals surface area contributed by atoms with Crippen molar-refractivity contribution in [2.24, 2.45) is 0 Å². The number of carbonyl (C=O) groups is 1. The second-order valence-corrected chi connectivity index (χ2v) is 4.50. The second-order valence-electron chi connectivity index (χ2n) is 4.50. The van der Waals surface area contributed by atoms with E-state index < -0.39 is 17.7 Å². The third kappa shape index (κ3) is 1.95. The van der Waals surface area contributed by atoms with Crippen LogP contribution >= 0.6 is 0 Å². The van der Waals surface area contributed by atoms with Crippen LogP contribution in [0.5, 0.6) is 11.5 Å². The predicted octanol–water partition coefficient (Wildman–Crippen LogP) is 4.14. The Morgan fingerprint density at radius 1 is 1.00 bits per heavy atom. The summed E-state index contributed by atoms with van der Waals surface area (Å²) < 4.78 is 43.8. The number of ether oxygens (including phenoxy) is 1. The first-order chi connectivity index (χ1) is 9.50. The van der Waals surface area contributed by atoms with E-state index >= 15 is 0 Å². The smallest absolute Gasteiger partial charge is 0.416 e. The average Bonchev–Trinajstić information content (AvgIpc) is 2.43. The Morgan fingerprint density at radius 2 is 1.70 bits per heavy atom. The van der Waals surface area contributed by atoms with Crippen LogP contribution in [0.2, 0.25) is 0 Å². The maximum Gasteiger partial charge on any atom is 0.416 e. The number of rotatable bonds is 1. The van der Waals surface area contributed by atoms with Crippen LogP contribution in [0, 0.1) is 0 Å². The Balaban J connectivity index is 2.16. The lowest BCUT2D eigenvalue weighted by atomic mass is 9.88. The summed E-state index contributed by atoms with van der Waals surface area (Å²) in [6.45, 7) is 0. The first-order valence-corrected chi connectivity index (χ1v) is 5.94. The van der Waals surface area contributed by atoms with E-state index in [1.807, 2.05) is 0 Å². The molecule has 2 aromatic rings. The molecule has 2 nitrogen and oxygen atoms in total. The molecule has 0 saturated carbocycles. The molecule has 0 spiro atoms. The zero-order valence-electron chi connectivity index (χ0n) is 10.1. The van der Waals surface area contributed by atoms with Crippen LogP contribution in [0.25, 0.3) is 0 Å². The SMILES string of the molecule is O=CC1c2ccccc2Oc2ccc(C(F)(F)F)cc21. The predicted molar refractivity (Wildman–Crippen MR) is 65.9 cm³/mol. The molecule has 1 aliphatic rings. The lowest BCUT2D eigenvalue weighted by molar-refractivity contribution is -0.137. The highest BCUT2D eigenvalue weighted by Gasteiger charge is 2.34. The molecule has 0 aliphatic carbocycles. The van der Waals surface area contributed by atoms with Gasteiger partial charge in [0, 0.05) is 11.1 Å². The third-order valence-corrected chi connectivity index (χ3v) is 3.28. The molecule has 1 atom stereocenters. The van der Waals surface area contributed by atoms with E-state index in [9.17, 15) is 18.0 Å². The molecule has 20 heavy (non-hydrogen) atoms. The fourth-order valence-electron chi connectivity index (χ4n) is 2.32.